The van der Waals surface area contributed by atoms with Gasteiger partial charge in [-0.3, -0.25) is 33.8 Å². The second-order valence-electron chi connectivity index (χ2n) is 7.20. The van der Waals surface area contributed by atoms with Gasteiger partial charge in [0.05, 0.1) is 28.8 Å². The second kappa shape index (κ2) is 7.60. The Balaban J connectivity index is 1.44. The van der Waals surface area contributed by atoms with E-state index in [0.29, 0.717) is 4.90 Å². The van der Waals surface area contributed by atoms with Crippen LogP contribution in [0.5, 0.6) is 0 Å². The molecule has 4 amide bonds. The maximum absolute atomic E-state index is 12.5. The Morgan fingerprint density at radius 3 is 1.58 bits per heavy atom. The molecule has 0 spiro atoms. The van der Waals surface area contributed by atoms with Gasteiger partial charge in [0.1, 0.15) is 6.04 Å². The summed E-state index contributed by atoms with van der Waals surface area (Å²) in [7, 11) is 0. The Morgan fingerprint density at radius 2 is 1.16 bits per heavy atom. The molecule has 31 heavy (non-hydrogen) atoms. The topological polar surface area (TPSA) is 129 Å². The molecule has 2 aromatic carbocycles. The van der Waals surface area contributed by atoms with Crippen molar-refractivity contribution in [3.63, 3.8) is 0 Å². The molecule has 1 N–H and O–H groups in total. The fourth-order valence-corrected chi connectivity index (χ4v) is 3.79. The summed E-state index contributed by atoms with van der Waals surface area (Å²) in [5, 5.41) is 9.57. The van der Waals surface area contributed by atoms with Crippen molar-refractivity contribution in [1.82, 2.24) is 9.80 Å². The van der Waals surface area contributed by atoms with Crippen LogP contribution in [0.25, 0.3) is 0 Å². The highest BCUT2D eigenvalue weighted by Gasteiger charge is 2.43. The highest BCUT2D eigenvalue weighted by Crippen LogP contribution is 2.27. The molecular formula is C22H16N2O7. The predicted octanol–water partition coefficient (Wildman–Crippen LogP) is 1.38. The first-order valence-corrected chi connectivity index (χ1v) is 9.48. The lowest BCUT2D eigenvalue weighted by atomic mass is 10.1. The van der Waals surface area contributed by atoms with Crippen molar-refractivity contribution in [3.8, 4) is 0 Å². The molecule has 156 valence electrons. The first-order valence-electron chi connectivity index (χ1n) is 9.48. The number of nitrogens with zero attached hydrogens (tertiary/aromatic N) is 2. The SMILES string of the molecule is O=C(CCC(C(=O)O)N1C(=O)c2ccccc2C1=O)CN1C(=O)c2ccccc2C1=O. The van der Waals surface area contributed by atoms with Gasteiger partial charge in [-0.05, 0) is 30.7 Å². The number of hydrogen-bond acceptors (Lipinski definition) is 6. The Bertz CT molecular complexity index is 1100. The summed E-state index contributed by atoms with van der Waals surface area (Å²) < 4.78 is 0. The van der Waals surface area contributed by atoms with Gasteiger partial charge in [0.2, 0.25) is 0 Å². The van der Waals surface area contributed by atoms with E-state index >= 15 is 0 Å². The number of ketones is 1. The number of hydrogen-bond donors (Lipinski definition) is 1. The normalized spacial score (nSPS) is 15.9. The van der Waals surface area contributed by atoms with Crippen molar-refractivity contribution >= 4 is 35.4 Å². The van der Waals surface area contributed by atoms with E-state index in [1.165, 1.54) is 24.3 Å². The number of carbonyl (C=O) groups excluding carboxylic acids is 5. The standard InChI is InChI=1S/C22H16N2O7/c25-12(11-23-18(26)13-5-1-2-6-14(13)19(23)27)9-10-17(22(30)31)24-20(28)15-7-3-4-8-16(15)21(24)29/h1-8,17H,9-11H2,(H,30,31). The molecule has 0 fully saturated rings. The number of imide groups is 2. The minimum absolute atomic E-state index is 0.108. The Morgan fingerprint density at radius 1 is 0.742 bits per heavy atom. The van der Waals surface area contributed by atoms with Crippen molar-refractivity contribution in [3.05, 3.63) is 70.8 Å². The molecule has 0 aliphatic carbocycles. The zero-order valence-corrected chi connectivity index (χ0v) is 16.1. The Hall–Kier alpha value is -4.14. The molecule has 2 heterocycles. The van der Waals surface area contributed by atoms with Crippen LogP contribution in [-0.4, -0.2) is 62.9 Å². The molecule has 0 saturated carbocycles. The largest absolute Gasteiger partial charge is 0.480 e. The van der Waals surface area contributed by atoms with E-state index in [4.69, 9.17) is 0 Å². The molecule has 1 atom stereocenters. The van der Waals surface area contributed by atoms with Crippen LogP contribution in [-0.2, 0) is 9.59 Å². The molecule has 1 unspecified atom stereocenters. The van der Waals surface area contributed by atoms with Gasteiger partial charge in [-0.15, -0.1) is 0 Å². The van der Waals surface area contributed by atoms with Crippen LogP contribution in [0.3, 0.4) is 0 Å². The fraction of sp³-hybridized carbons (Fsp3) is 0.182. The highest BCUT2D eigenvalue weighted by molar-refractivity contribution is 6.23. The molecule has 4 rings (SSSR count). The molecule has 9 nitrogen and oxygen atoms in total. The van der Waals surface area contributed by atoms with Gasteiger partial charge in [0.25, 0.3) is 23.6 Å². The van der Waals surface area contributed by atoms with Gasteiger partial charge in [-0.25, -0.2) is 4.79 Å². The lowest BCUT2D eigenvalue weighted by molar-refractivity contribution is -0.142. The van der Waals surface area contributed by atoms with E-state index < -0.39 is 48.0 Å². The Labute approximate surface area is 175 Å². The van der Waals surface area contributed by atoms with E-state index in [1.807, 2.05) is 0 Å². The number of amides is 4. The van der Waals surface area contributed by atoms with E-state index in [9.17, 15) is 33.9 Å². The van der Waals surface area contributed by atoms with Crippen LogP contribution in [0.2, 0.25) is 0 Å². The van der Waals surface area contributed by atoms with Crippen LogP contribution < -0.4 is 0 Å². The van der Waals surface area contributed by atoms with Crippen molar-refractivity contribution in [2.45, 2.75) is 18.9 Å². The zero-order chi connectivity index (χ0) is 22.3. The minimum atomic E-state index is -1.54. The molecule has 0 radical (unpaired) electrons. The molecule has 2 aliphatic rings. The van der Waals surface area contributed by atoms with Crippen molar-refractivity contribution in [2.24, 2.45) is 0 Å². The van der Waals surface area contributed by atoms with Gasteiger partial charge in [-0.1, -0.05) is 24.3 Å². The lowest BCUT2D eigenvalue weighted by Gasteiger charge is -2.22. The summed E-state index contributed by atoms with van der Waals surface area (Å²) in [5.74, 6) is -4.64. The third-order valence-electron chi connectivity index (χ3n) is 5.33. The van der Waals surface area contributed by atoms with Crippen LogP contribution in [0.1, 0.15) is 54.3 Å². The monoisotopic (exact) mass is 420 g/mol. The summed E-state index contributed by atoms with van der Waals surface area (Å²) in [6, 6.07) is 10.6. The molecule has 2 aliphatic heterocycles. The lowest BCUT2D eigenvalue weighted by Crippen LogP contribution is -2.45. The molecule has 2 aromatic rings. The van der Waals surface area contributed by atoms with E-state index in [1.54, 1.807) is 24.3 Å². The number of benzene rings is 2. The smallest absolute Gasteiger partial charge is 0.326 e. The van der Waals surface area contributed by atoms with Crippen LogP contribution in [0.4, 0.5) is 0 Å². The zero-order valence-electron chi connectivity index (χ0n) is 16.1. The summed E-state index contributed by atoms with van der Waals surface area (Å²) in [6.07, 6.45) is -0.666. The predicted molar refractivity (Wildman–Crippen MR) is 104 cm³/mol. The van der Waals surface area contributed by atoms with E-state index in [-0.39, 0.29) is 35.1 Å². The van der Waals surface area contributed by atoms with Gasteiger partial charge >= 0.3 is 5.97 Å². The highest BCUT2D eigenvalue weighted by atomic mass is 16.4. The fourth-order valence-electron chi connectivity index (χ4n) is 3.79. The summed E-state index contributed by atoms with van der Waals surface area (Å²) >= 11 is 0. The molecule has 9 heteroatoms. The molecule has 0 bridgehead atoms. The maximum Gasteiger partial charge on any atom is 0.326 e. The Kier molecular flexibility index (Phi) is 4.94. The van der Waals surface area contributed by atoms with E-state index in [2.05, 4.69) is 0 Å². The van der Waals surface area contributed by atoms with Crippen LogP contribution in [0, 0.1) is 0 Å². The van der Waals surface area contributed by atoms with Crippen molar-refractivity contribution in [1.29, 1.82) is 0 Å². The number of carboxylic acids is 1. The average Bonchev–Trinajstić information content (AvgIpc) is 3.15. The number of carbonyl (C=O) groups is 6. The first kappa shape index (κ1) is 20.1. The quantitative estimate of drug-likeness (QED) is 0.670. The van der Waals surface area contributed by atoms with Crippen molar-refractivity contribution < 1.29 is 33.9 Å². The first-order chi connectivity index (χ1) is 14.8. The minimum Gasteiger partial charge on any atom is -0.480 e. The van der Waals surface area contributed by atoms with Gasteiger partial charge in [-0.2, -0.15) is 0 Å². The van der Waals surface area contributed by atoms with E-state index in [0.717, 1.165) is 4.90 Å². The third-order valence-corrected chi connectivity index (χ3v) is 5.33. The van der Waals surface area contributed by atoms with Crippen LogP contribution in [0.15, 0.2) is 48.5 Å². The summed E-state index contributed by atoms with van der Waals surface area (Å²) in [6.45, 7) is -0.513. The number of aliphatic carboxylic acids is 1. The van der Waals surface area contributed by atoms with Crippen LogP contribution >= 0.6 is 0 Å². The van der Waals surface area contributed by atoms with Gasteiger partial charge < -0.3 is 5.11 Å². The maximum atomic E-state index is 12.5. The molecule has 0 aromatic heterocycles. The third kappa shape index (κ3) is 3.29. The number of Topliss-reactive ketones (excluding diaryl/α,β-unsaturated/α-hetero) is 1. The molecular weight excluding hydrogens is 404 g/mol. The van der Waals surface area contributed by atoms with Crippen molar-refractivity contribution in [2.75, 3.05) is 6.54 Å². The van der Waals surface area contributed by atoms with Gasteiger partial charge in [0, 0.05) is 6.42 Å². The number of carboxylic acid groups (broad SMARTS) is 1. The summed E-state index contributed by atoms with van der Waals surface area (Å²) in [4.78, 5) is 75.5. The summed E-state index contributed by atoms with van der Waals surface area (Å²) in [5.41, 5.74) is 0.622. The number of fused-ring (bicyclic) bond motifs is 2. The van der Waals surface area contributed by atoms with Gasteiger partial charge in [0.15, 0.2) is 5.78 Å². The molecule has 0 saturated heterocycles. The second-order valence-corrected chi connectivity index (χ2v) is 7.20. The number of rotatable bonds is 7. The average molecular weight is 420 g/mol.